The van der Waals surface area contributed by atoms with Gasteiger partial charge in [-0.25, -0.2) is 0 Å². The third kappa shape index (κ3) is 3.92. The zero-order chi connectivity index (χ0) is 13.0. The number of carbonyl (C=O) groups is 1. The second-order valence-electron chi connectivity index (χ2n) is 4.86. The number of nitrogens with zero attached hydrogens (tertiary/aromatic N) is 1. The summed E-state index contributed by atoms with van der Waals surface area (Å²) < 4.78 is 5.24. The van der Waals surface area contributed by atoms with Crippen LogP contribution in [0.5, 0.6) is 0 Å². The van der Waals surface area contributed by atoms with Crippen molar-refractivity contribution in [2.45, 2.75) is 25.3 Å². The number of aromatic amines is 1. The summed E-state index contributed by atoms with van der Waals surface area (Å²) in [5, 5.41) is 13.0. The van der Waals surface area contributed by atoms with E-state index in [1.165, 1.54) is 0 Å². The molecule has 7 heteroatoms. The van der Waals surface area contributed by atoms with Gasteiger partial charge in [-0.05, 0) is 32.4 Å². The van der Waals surface area contributed by atoms with Gasteiger partial charge in [-0.3, -0.25) is 9.89 Å². The maximum atomic E-state index is 11.9. The minimum atomic E-state index is -0.150. The zero-order valence-electron chi connectivity index (χ0n) is 11.3. The molecule has 0 bridgehead atoms. The summed E-state index contributed by atoms with van der Waals surface area (Å²) in [6.45, 7) is 4.01. The number of ether oxygens (including phenoxy) is 1. The van der Waals surface area contributed by atoms with Crippen molar-refractivity contribution in [2.24, 2.45) is 0 Å². The Labute approximate surface area is 119 Å². The molecule has 0 saturated carbocycles. The van der Waals surface area contributed by atoms with E-state index in [-0.39, 0.29) is 23.9 Å². The Balaban J connectivity index is 0.00000180. The number of aryl methyl sites for hydroxylation is 1. The van der Waals surface area contributed by atoms with Gasteiger partial charge in [0.1, 0.15) is 5.69 Å². The molecule has 108 valence electrons. The molecule has 1 aliphatic rings. The summed E-state index contributed by atoms with van der Waals surface area (Å²) in [4.78, 5) is 11.9. The fraction of sp³-hybridized carbons (Fsp3) is 0.667. The maximum absolute atomic E-state index is 11.9. The lowest BCUT2D eigenvalue weighted by Gasteiger charge is -2.28. The fourth-order valence-corrected chi connectivity index (χ4v) is 2.34. The van der Waals surface area contributed by atoms with Gasteiger partial charge in [-0.15, -0.1) is 12.4 Å². The number of nitrogens with one attached hydrogen (secondary N) is 3. The molecule has 0 aliphatic carbocycles. The highest BCUT2D eigenvalue weighted by atomic mass is 35.5. The highest BCUT2D eigenvalue weighted by Gasteiger charge is 2.33. The molecule has 1 amide bonds. The van der Waals surface area contributed by atoms with Gasteiger partial charge in [0.2, 0.25) is 0 Å². The van der Waals surface area contributed by atoms with Crippen LogP contribution in [-0.2, 0) is 4.74 Å². The average molecular weight is 289 g/mol. The summed E-state index contributed by atoms with van der Waals surface area (Å²) in [7, 11) is 1.68. The monoisotopic (exact) mass is 288 g/mol. The van der Waals surface area contributed by atoms with E-state index in [4.69, 9.17) is 4.74 Å². The van der Waals surface area contributed by atoms with E-state index in [0.717, 1.165) is 25.1 Å². The van der Waals surface area contributed by atoms with Gasteiger partial charge in [-0.2, -0.15) is 5.10 Å². The standard InChI is InChI=1S/C12H20N4O2.ClH/c1-9-6-10(16-15-9)11(17)13-7-12(8-18-2)4-3-5-14-12;/h6,14H,3-5,7-8H2,1-2H3,(H,13,17)(H,15,16);1H. The first-order valence-corrected chi connectivity index (χ1v) is 6.19. The number of methoxy groups -OCH3 is 1. The molecule has 1 aliphatic heterocycles. The molecule has 1 fully saturated rings. The van der Waals surface area contributed by atoms with Crippen LogP contribution in [0.25, 0.3) is 0 Å². The van der Waals surface area contributed by atoms with Crippen LogP contribution in [-0.4, -0.2) is 48.4 Å². The van der Waals surface area contributed by atoms with Gasteiger partial charge in [0.25, 0.3) is 5.91 Å². The Morgan fingerprint density at radius 2 is 2.42 bits per heavy atom. The first-order valence-electron chi connectivity index (χ1n) is 6.19. The van der Waals surface area contributed by atoms with E-state index in [2.05, 4.69) is 20.8 Å². The molecular weight excluding hydrogens is 268 g/mol. The molecule has 1 aromatic rings. The van der Waals surface area contributed by atoms with Crippen molar-refractivity contribution in [3.05, 3.63) is 17.5 Å². The molecule has 0 spiro atoms. The molecule has 2 rings (SSSR count). The predicted molar refractivity (Wildman–Crippen MR) is 74.7 cm³/mol. The normalized spacial score (nSPS) is 22.0. The third-order valence-corrected chi connectivity index (χ3v) is 3.28. The van der Waals surface area contributed by atoms with Crippen LogP contribution in [0.1, 0.15) is 29.0 Å². The molecule has 2 heterocycles. The minimum absolute atomic E-state index is 0. The van der Waals surface area contributed by atoms with Crippen molar-refractivity contribution in [3.8, 4) is 0 Å². The van der Waals surface area contributed by atoms with E-state index in [0.29, 0.717) is 18.8 Å². The quantitative estimate of drug-likeness (QED) is 0.743. The summed E-state index contributed by atoms with van der Waals surface area (Å²) in [6, 6.07) is 1.74. The number of halogens is 1. The van der Waals surface area contributed by atoms with Crippen LogP contribution >= 0.6 is 12.4 Å². The average Bonchev–Trinajstić information content (AvgIpc) is 2.97. The van der Waals surface area contributed by atoms with Gasteiger partial charge in [0.05, 0.1) is 12.1 Å². The lowest BCUT2D eigenvalue weighted by Crippen LogP contribution is -2.53. The first kappa shape index (κ1) is 15.9. The fourth-order valence-electron chi connectivity index (χ4n) is 2.34. The number of amides is 1. The Morgan fingerprint density at radius 1 is 1.63 bits per heavy atom. The van der Waals surface area contributed by atoms with Gasteiger partial charge in [-0.1, -0.05) is 0 Å². The third-order valence-electron chi connectivity index (χ3n) is 3.28. The highest BCUT2D eigenvalue weighted by molar-refractivity contribution is 5.92. The van der Waals surface area contributed by atoms with Crippen LogP contribution in [0.2, 0.25) is 0 Å². The Bertz CT molecular complexity index is 416. The number of rotatable bonds is 5. The molecule has 0 radical (unpaired) electrons. The van der Waals surface area contributed by atoms with Crippen LogP contribution in [0.4, 0.5) is 0 Å². The summed E-state index contributed by atoms with van der Waals surface area (Å²) in [5.74, 6) is -0.150. The number of carbonyl (C=O) groups excluding carboxylic acids is 1. The Morgan fingerprint density at radius 3 is 2.95 bits per heavy atom. The smallest absolute Gasteiger partial charge is 0.271 e. The van der Waals surface area contributed by atoms with Crippen LogP contribution in [0.3, 0.4) is 0 Å². The molecule has 0 aromatic carbocycles. The van der Waals surface area contributed by atoms with Crippen LogP contribution < -0.4 is 10.6 Å². The molecule has 1 aromatic heterocycles. The minimum Gasteiger partial charge on any atom is -0.383 e. The van der Waals surface area contributed by atoms with E-state index < -0.39 is 0 Å². The van der Waals surface area contributed by atoms with Crippen LogP contribution in [0.15, 0.2) is 6.07 Å². The van der Waals surface area contributed by atoms with Crippen molar-refractivity contribution in [3.63, 3.8) is 0 Å². The zero-order valence-corrected chi connectivity index (χ0v) is 12.1. The maximum Gasteiger partial charge on any atom is 0.271 e. The van der Waals surface area contributed by atoms with Crippen molar-refractivity contribution >= 4 is 18.3 Å². The summed E-state index contributed by atoms with van der Waals surface area (Å²) in [5.41, 5.74) is 1.18. The second-order valence-corrected chi connectivity index (χ2v) is 4.86. The van der Waals surface area contributed by atoms with E-state index >= 15 is 0 Å². The number of hydrogen-bond donors (Lipinski definition) is 3. The van der Waals surface area contributed by atoms with Gasteiger partial charge < -0.3 is 15.4 Å². The second kappa shape index (κ2) is 6.88. The lowest BCUT2D eigenvalue weighted by molar-refractivity contribution is 0.0887. The molecule has 1 saturated heterocycles. The molecule has 6 nitrogen and oxygen atoms in total. The first-order chi connectivity index (χ1) is 8.65. The van der Waals surface area contributed by atoms with Gasteiger partial charge in [0, 0.05) is 19.3 Å². The Hall–Kier alpha value is -1.11. The van der Waals surface area contributed by atoms with E-state index in [9.17, 15) is 4.79 Å². The SMILES string of the molecule is COCC1(CNC(=O)c2cc(C)[nH]n2)CCCN1.Cl. The summed E-state index contributed by atoms with van der Waals surface area (Å²) >= 11 is 0. The molecule has 1 atom stereocenters. The van der Waals surface area contributed by atoms with E-state index in [1.807, 2.05) is 6.92 Å². The lowest BCUT2D eigenvalue weighted by atomic mass is 9.98. The van der Waals surface area contributed by atoms with Crippen molar-refractivity contribution < 1.29 is 9.53 Å². The molecule has 19 heavy (non-hydrogen) atoms. The van der Waals surface area contributed by atoms with E-state index in [1.54, 1.807) is 13.2 Å². The van der Waals surface area contributed by atoms with Crippen LogP contribution in [0, 0.1) is 6.92 Å². The summed E-state index contributed by atoms with van der Waals surface area (Å²) in [6.07, 6.45) is 2.13. The number of hydrogen-bond acceptors (Lipinski definition) is 4. The number of H-pyrrole nitrogens is 1. The van der Waals surface area contributed by atoms with Crippen molar-refractivity contribution in [1.29, 1.82) is 0 Å². The molecule has 3 N–H and O–H groups in total. The number of aromatic nitrogens is 2. The van der Waals surface area contributed by atoms with Crippen molar-refractivity contribution in [1.82, 2.24) is 20.8 Å². The predicted octanol–water partition coefficient (Wildman–Crippen LogP) is 0.638. The molecular formula is C12H21ClN4O2. The highest BCUT2D eigenvalue weighted by Crippen LogP contribution is 2.18. The molecule has 1 unspecified atom stereocenters. The topological polar surface area (TPSA) is 79.0 Å². The van der Waals surface area contributed by atoms with Crippen molar-refractivity contribution in [2.75, 3.05) is 26.8 Å². The van der Waals surface area contributed by atoms with Gasteiger partial charge in [0.15, 0.2) is 0 Å². The largest absolute Gasteiger partial charge is 0.383 e. The van der Waals surface area contributed by atoms with Gasteiger partial charge >= 0.3 is 0 Å². The Kier molecular flexibility index (Phi) is 5.78.